The van der Waals surface area contributed by atoms with Gasteiger partial charge in [0.25, 0.3) is 0 Å². The third-order valence-corrected chi connectivity index (χ3v) is 5.34. The van der Waals surface area contributed by atoms with E-state index in [0.29, 0.717) is 29.1 Å². The summed E-state index contributed by atoms with van der Waals surface area (Å²) in [6.07, 6.45) is 3.63. The van der Waals surface area contributed by atoms with Gasteiger partial charge in [-0.3, -0.25) is 4.79 Å². The van der Waals surface area contributed by atoms with E-state index in [4.69, 9.17) is 4.74 Å². The van der Waals surface area contributed by atoms with Crippen LogP contribution in [0.15, 0.2) is 47.9 Å². The second kappa shape index (κ2) is 8.93. The molecule has 0 fully saturated rings. The van der Waals surface area contributed by atoms with Crippen LogP contribution in [0.3, 0.4) is 0 Å². The first-order valence-corrected chi connectivity index (χ1v) is 10.1. The van der Waals surface area contributed by atoms with Crippen LogP contribution < -0.4 is 0 Å². The zero-order valence-corrected chi connectivity index (χ0v) is 17.0. The summed E-state index contributed by atoms with van der Waals surface area (Å²) in [5.41, 5.74) is 3.23. The van der Waals surface area contributed by atoms with Crippen molar-refractivity contribution in [1.29, 1.82) is 0 Å². The van der Waals surface area contributed by atoms with Gasteiger partial charge in [-0.25, -0.2) is 9.78 Å². The Kier molecular flexibility index (Phi) is 6.36. The summed E-state index contributed by atoms with van der Waals surface area (Å²) in [7, 11) is 0. The number of esters is 1. The van der Waals surface area contributed by atoms with Gasteiger partial charge in [0, 0.05) is 30.3 Å². The first kappa shape index (κ1) is 19.9. The number of benzene rings is 1. The maximum absolute atomic E-state index is 12.9. The lowest BCUT2D eigenvalue weighted by Gasteiger charge is -2.08. The molecule has 0 aliphatic rings. The summed E-state index contributed by atoms with van der Waals surface area (Å²) in [5, 5.41) is 0.764. The lowest BCUT2D eigenvalue weighted by atomic mass is 10.1. The quantitative estimate of drug-likeness (QED) is 0.353. The lowest BCUT2D eigenvalue weighted by Crippen LogP contribution is -2.13. The van der Waals surface area contributed by atoms with E-state index in [-0.39, 0.29) is 18.1 Å². The predicted octanol–water partition coefficient (Wildman–Crippen LogP) is 4.03. The average Bonchev–Trinajstić information content (AvgIpc) is 3.23. The van der Waals surface area contributed by atoms with E-state index >= 15 is 0 Å². The van der Waals surface area contributed by atoms with Crippen molar-refractivity contribution >= 4 is 23.5 Å². The molecule has 1 N–H and O–H groups in total. The van der Waals surface area contributed by atoms with Gasteiger partial charge in [0.15, 0.2) is 10.9 Å². The summed E-state index contributed by atoms with van der Waals surface area (Å²) in [6.45, 7) is 6.27. The summed E-state index contributed by atoms with van der Waals surface area (Å²) >= 11 is 1.36. The Bertz CT molecular complexity index is 976. The van der Waals surface area contributed by atoms with Crippen LogP contribution in [0.2, 0.25) is 0 Å². The highest BCUT2D eigenvalue weighted by atomic mass is 32.2. The number of ketones is 1. The second-order valence-electron chi connectivity index (χ2n) is 6.38. The molecule has 146 valence electrons. The molecule has 3 rings (SSSR count). The topological polar surface area (TPSA) is 77.0 Å². The molecule has 0 spiro atoms. The third kappa shape index (κ3) is 4.36. The lowest BCUT2D eigenvalue weighted by molar-refractivity contribution is 0.0522. The summed E-state index contributed by atoms with van der Waals surface area (Å²) in [5.74, 6) is -0.400. The number of aryl methyl sites for hydroxylation is 2. The molecule has 0 radical (unpaired) electrons. The largest absolute Gasteiger partial charge is 0.462 e. The molecule has 7 heteroatoms. The molecule has 28 heavy (non-hydrogen) atoms. The first-order valence-electron chi connectivity index (χ1n) is 9.08. The maximum Gasteiger partial charge on any atom is 0.340 e. The van der Waals surface area contributed by atoms with E-state index in [0.717, 1.165) is 10.7 Å². The predicted molar refractivity (Wildman–Crippen MR) is 109 cm³/mol. The molecule has 0 atom stereocenters. The van der Waals surface area contributed by atoms with Crippen LogP contribution in [0.4, 0.5) is 0 Å². The number of thioether (sulfide) groups is 1. The average molecular weight is 398 g/mol. The molecule has 0 aliphatic carbocycles. The Hall–Kier alpha value is -2.80. The van der Waals surface area contributed by atoms with E-state index in [1.807, 2.05) is 29.0 Å². The van der Waals surface area contributed by atoms with Crippen molar-refractivity contribution < 1.29 is 14.3 Å². The Morgan fingerprint density at radius 2 is 1.86 bits per heavy atom. The van der Waals surface area contributed by atoms with Crippen molar-refractivity contribution in [2.24, 2.45) is 0 Å². The van der Waals surface area contributed by atoms with Gasteiger partial charge < -0.3 is 14.3 Å². The van der Waals surface area contributed by atoms with Crippen molar-refractivity contribution in [2.75, 3.05) is 12.4 Å². The van der Waals surface area contributed by atoms with Crippen LogP contribution in [0.25, 0.3) is 0 Å². The number of hydrogen-bond donors (Lipinski definition) is 1. The minimum atomic E-state index is -0.469. The number of carbonyl (C=O) groups excluding carboxylic acids is 2. The number of aromatic nitrogens is 3. The number of rotatable bonds is 8. The Morgan fingerprint density at radius 3 is 2.57 bits per heavy atom. The molecule has 2 aromatic heterocycles. The van der Waals surface area contributed by atoms with Gasteiger partial charge in [-0.05, 0) is 26.3 Å². The van der Waals surface area contributed by atoms with Crippen LogP contribution in [0, 0.1) is 13.8 Å². The Morgan fingerprint density at radius 1 is 1.14 bits per heavy atom. The Balaban J connectivity index is 1.74. The van der Waals surface area contributed by atoms with Gasteiger partial charge in [-0.2, -0.15) is 0 Å². The van der Waals surface area contributed by atoms with Crippen molar-refractivity contribution in [1.82, 2.24) is 14.5 Å². The molecule has 0 bridgehead atoms. The molecule has 0 unspecified atom stereocenters. The van der Waals surface area contributed by atoms with Crippen molar-refractivity contribution in [3.63, 3.8) is 0 Å². The third-order valence-electron chi connectivity index (χ3n) is 4.34. The van der Waals surface area contributed by atoms with Gasteiger partial charge in [0.05, 0.1) is 23.5 Å². The van der Waals surface area contributed by atoms with Crippen LogP contribution >= 0.6 is 11.8 Å². The number of H-pyrrole nitrogens is 1. The number of carbonyl (C=O) groups is 2. The Labute approximate surface area is 168 Å². The van der Waals surface area contributed by atoms with Gasteiger partial charge in [-0.15, -0.1) is 0 Å². The summed E-state index contributed by atoms with van der Waals surface area (Å²) < 4.78 is 7.12. The minimum absolute atomic E-state index is 0.121. The fraction of sp³-hybridized carbons (Fsp3) is 0.286. The number of hydrogen-bond acceptors (Lipinski definition) is 5. The van der Waals surface area contributed by atoms with Crippen LogP contribution in [0.5, 0.6) is 0 Å². The minimum Gasteiger partial charge on any atom is -0.462 e. The first-order chi connectivity index (χ1) is 13.5. The van der Waals surface area contributed by atoms with Crippen molar-refractivity contribution in [3.8, 4) is 0 Å². The van der Waals surface area contributed by atoms with E-state index in [1.165, 1.54) is 11.8 Å². The normalized spacial score (nSPS) is 10.8. The fourth-order valence-corrected chi connectivity index (χ4v) is 3.96. The summed E-state index contributed by atoms with van der Waals surface area (Å²) in [6, 6.07) is 10.1. The van der Waals surface area contributed by atoms with Crippen LogP contribution in [-0.4, -0.2) is 38.6 Å². The standard InChI is InChI=1S/C21H23N3O3S/c1-4-27-20(26)19-15(3)23-14(2)18(19)17(25)13-28-21-22-10-11-24(21)12-16-8-6-5-7-9-16/h5-11,23H,4,12-13H2,1-3H3. The van der Waals surface area contributed by atoms with Gasteiger partial charge >= 0.3 is 5.97 Å². The molecule has 0 saturated carbocycles. The van der Waals surface area contributed by atoms with Gasteiger partial charge in [0.1, 0.15) is 0 Å². The smallest absolute Gasteiger partial charge is 0.340 e. The number of imidazole rings is 1. The zero-order valence-electron chi connectivity index (χ0n) is 16.2. The van der Waals surface area contributed by atoms with Crippen LogP contribution in [-0.2, 0) is 11.3 Å². The van der Waals surface area contributed by atoms with E-state index < -0.39 is 5.97 Å². The molecule has 0 amide bonds. The molecule has 6 nitrogen and oxygen atoms in total. The number of nitrogens with one attached hydrogen (secondary N) is 1. The molecular weight excluding hydrogens is 374 g/mol. The van der Waals surface area contributed by atoms with Gasteiger partial charge in [0.2, 0.25) is 0 Å². The maximum atomic E-state index is 12.9. The molecule has 1 aromatic carbocycles. The number of ether oxygens (including phenoxy) is 1. The van der Waals surface area contributed by atoms with Crippen molar-refractivity contribution in [3.05, 3.63) is 70.8 Å². The highest BCUT2D eigenvalue weighted by Crippen LogP contribution is 2.24. The molecular formula is C21H23N3O3S. The molecule has 2 heterocycles. The van der Waals surface area contributed by atoms with E-state index in [9.17, 15) is 9.59 Å². The fourth-order valence-electron chi connectivity index (χ4n) is 3.13. The second-order valence-corrected chi connectivity index (χ2v) is 7.32. The monoisotopic (exact) mass is 397 g/mol. The number of Topliss-reactive ketones (excluding diaryl/α,β-unsaturated/α-hetero) is 1. The SMILES string of the molecule is CCOC(=O)c1c(C)[nH]c(C)c1C(=O)CSc1nccn1Cc1ccccc1. The zero-order chi connectivity index (χ0) is 20.1. The molecule has 0 saturated heterocycles. The molecule has 3 aromatic rings. The van der Waals surface area contributed by atoms with E-state index in [1.54, 1.807) is 27.0 Å². The highest BCUT2D eigenvalue weighted by molar-refractivity contribution is 7.99. The summed E-state index contributed by atoms with van der Waals surface area (Å²) in [4.78, 5) is 32.6. The number of nitrogens with zero attached hydrogens (tertiary/aromatic N) is 2. The highest BCUT2D eigenvalue weighted by Gasteiger charge is 2.25. The van der Waals surface area contributed by atoms with E-state index in [2.05, 4.69) is 22.1 Å². The molecule has 0 aliphatic heterocycles. The van der Waals surface area contributed by atoms with Gasteiger partial charge in [-0.1, -0.05) is 42.1 Å². The van der Waals surface area contributed by atoms with Crippen molar-refractivity contribution in [2.45, 2.75) is 32.5 Å². The number of aromatic amines is 1. The van der Waals surface area contributed by atoms with Crippen LogP contribution in [0.1, 0.15) is 44.6 Å².